The van der Waals surface area contributed by atoms with E-state index < -0.39 is 0 Å². The van der Waals surface area contributed by atoms with Gasteiger partial charge in [0.2, 0.25) is 0 Å². The van der Waals surface area contributed by atoms with Crippen molar-refractivity contribution in [2.45, 2.75) is 12.5 Å². The van der Waals surface area contributed by atoms with E-state index in [0.717, 1.165) is 0 Å². The molecule has 3 nitrogen and oxygen atoms in total. The van der Waals surface area contributed by atoms with Crippen LogP contribution in [0.5, 0.6) is 0 Å². The van der Waals surface area contributed by atoms with Crippen molar-refractivity contribution in [3.8, 4) is 0 Å². The molecule has 0 aliphatic heterocycles. The number of nitrogens with one attached hydrogen (secondary N) is 1. The SMILES string of the molecule is COCC(CCCl)NC(=O)c1ccc(F)c2ccccc12. The van der Waals surface area contributed by atoms with E-state index >= 15 is 0 Å². The number of fused-ring (bicyclic) bond motifs is 1. The third-order valence-corrected chi connectivity index (χ3v) is 3.49. The summed E-state index contributed by atoms with van der Waals surface area (Å²) in [6, 6.07) is 9.57. The standard InChI is InChI=1S/C16H17ClFNO2/c1-21-10-11(8-9-17)19-16(20)14-6-7-15(18)13-5-3-2-4-12(13)14/h2-7,11H,8-10H2,1H3,(H,19,20). The van der Waals surface area contributed by atoms with Crippen LogP contribution in [-0.4, -0.2) is 31.5 Å². The number of ether oxygens (including phenoxy) is 1. The third kappa shape index (κ3) is 3.71. The molecule has 0 aromatic heterocycles. The molecule has 0 saturated carbocycles. The van der Waals surface area contributed by atoms with E-state index in [1.807, 2.05) is 0 Å². The summed E-state index contributed by atoms with van der Waals surface area (Å²) in [6.07, 6.45) is 0.611. The summed E-state index contributed by atoms with van der Waals surface area (Å²) >= 11 is 5.72. The molecule has 21 heavy (non-hydrogen) atoms. The molecule has 2 aromatic carbocycles. The Morgan fingerprint density at radius 1 is 1.29 bits per heavy atom. The van der Waals surface area contributed by atoms with Crippen LogP contribution in [0, 0.1) is 5.82 Å². The Morgan fingerprint density at radius 2 is 2.00 bits per heavy atom. The van der Waals surface area contributed by atoms with Crippen LogP contribution in [0.1, 0.15) is 16.8 Å². The summed E-state index contributed by atoms with van der Waals surface area (Å²) in [4.78, 5) is 12.4. The van der Waals surface area contributed by atoms with Gasteiger partial charge >= 0.3 is 0 Å². The molecule has 5 heteroatoms. The van der Waals surface area contributed by atoms with Gasteiger partial charge in [0.15, 0.2) is 0 Å². The van der Waals surface area contributed by atoms with Crippen molar-refractivity contribution in [2.24, 2.45) is 0 Å². The predicted octanol–water partition coefficient (Wildman–Crippen LogP) is 3.35. The van der Waals surface area contributed by atoms with Crippen LogP contribution in [0.15, 0.2) is 36.4 Å². The van der Waals surface area contributed by atoms with E-state index in [4.69, 9.17) is 16.3 Å². The first-order valence-electron chi connectivity index (χ1n) is 6.70. The molecule has 0 fully saturated rings. The normalized spacial score (nSPS) is 12.3. The highest BCUT2D eigenvalue weighted by Crippen LogP contribution is 2.21. The maximum Gasteiger partial charge on any atom is 0.252 e. The van der Waals surface area contributed by atoms with Gasteiger partial charge in [-0.15, -0.1) is 11.6 Å². The number of carbonyl (C=O) groups excluding carboxylic acids is 1. The molecule has 1 unspecified atom stereocenters. The van der Waals surface area contributed by atoms with E-state index in [9.17, 15) is 9.18 Å². The molecule has 1 amide bonds. The van der Waals surface area contributed by atoms with Crippen molar-refractivity contribution in [3.05, 3.63) is 47.8 Å². The number of amides is 1. The number of hydrogen-bond donors (Lipinski definition) is 1. The Hall–Kier alpha value is -1.65. The topological polar surface area (TPSA) is 38.3 Å². The summed E-state index contributed by atoms with van der Waals surface area (Å²) in [7, 11) is 1.57. The second-order valence-electron chi connectivity index (χ2n) is 4.74. The maximum absolute atomic E-state index is 13.8. The van der Waals surface area contributed by atoms with E-state index in [2.05, 4.69) is 5.32 Å². The molecule has 0 bridgehead atoms. The summed E-state index contributed by atoms with van der Waals surface area (Å²) < 4.78 is 18.8. The second-order valence-corrected chi connectivity index (χ2v) is 5.12. The molecule has 1 atom stereocenters. The Bertz CT molecular complexity index is 627. The van der Waals surface area contributed by atoms with Gasteiger partial charge in [-0.1, -0.05) is 24.3 Å². The van der Waals surface area contributed by atoms with Crippen molar-refractivity contribution in [1.82, 2.24) is 5.32 Å². The molecule has 0 aliphatic rings. The van der Waals surface area contributed by atoms with Gasteiger partial charge < -0.3 is 10.1 Å². The Labute approximate surface area is 128 Å². The van der Waals surface area contributed by atoms with E-state index in [0.29, 0.717) is 35.2 Å². The van der Waals surface area contributed by atoms with Gasteiger partial charge in [0.1, 0.15) is 5.82 Å². The highest BCUT2D eigenvalue weighted by atomic mass is 35.5. The minimum atomic E-state index is -0.337. The number of halogens is 2. The molecule has 2 rings (SSSR count). The van der Waals surface area contributed by atoms with Gasteiger partial charge in [0, 0.05) is 23.9 Å². The molecule has 2 aromatic rings. The number of methoxy groups -OCH3 is 1. The summed E-state index contributed by atoms with van der Waals surface area (Å²) in [5.41, 5.74) is 0.447. The zero-order valence-corrected chi connectivity index (χ0v) is 12.5. The monoisotopic (exact) mass is 309 g/mol. The first-order chi connectivity index (χ1) is 10.2. The fraction of sp³-hybridized carbons (Fsp3) is 0.312. The minimum absolute atomic E-state index is 0.163. The lowest BCUT2D eigenvalue weighted by Gasteiger charge is -2.17. The fourth-order valence-electron chi connectivity index (χ4n) is 2.25. The minimum Gasteiger partial charge on any atom is -0.383 e. The quantitative estimate of drug-likeness (QED) is 0.831. The number of benzene rings is 2. The number of hydrogen-bond acceptors (Lipinski definition) is 2. The maximum atomic E-state index is 13.8. The molecular formula is C16H17ClFNO2. The fourth-order valence-corrected chi connectivity index (χ4v) is 2.52. The van der Waals surface area contributed by atoms with Crippen LogP contribution in [0.4, 0.5) is 4.39 Å². The third-order valence-electron chi connectivity index (χ3n) is 3.28. The summed E-state index contributed by atoms with van der Waals surface area (Å²) in [6.45, 7) is 0.386. The number of alkyl halides is 1. The van der Waals surface area contributed by atoms with Crippen molar-refractivity contribution < 1.29 is 13.9 Å². The first kappa shape index (κ1) is 15.7. The highest BCUT2D eigenvalue weighted by Gasteiger charge is 2.16. The molecule has 0 heterocycles. The second kappa shape index (κ2) is 7.38. The molecule has 0 spiro atoms. The first-order valence-corrected chi connectivity index (χ1v) is 7.24. The van der Waals surface area contributed by atoms with Crippen molar-refractivity contribution in [1.29, 1.82) is 0 Å². The van der Waals surface area contributed by atoms with E-state index in [1.54, 1.807) is 31.4 Å². The lowest BCUT2D eigenvalue weighted by molar-refractivity contribution is 0.0897. The van der Waals surface area contributed by atoms with Crippen LogP contribution >= 0.6 is 11.6 Å². The zero-order chi connectivity index (χ0) is 15.2. The number of carbonyl (C=O) groups is 1. The van der Waals surface area contributed by atoms with Crippen molar-refractivity contribution in [3.63, 3.8) is 0 Å². The van der Waals surface area contributed by atoms with Crippen molar-refractivity contribution in [2.75, 3.05) is 19.6 Å². The largest absolute Gasteiger partial charge is 0.383 e. The average Bonchev–Trinajstić information content (AvgIpc) is 2.48. The predicted molar refractivity (Wildman–Crippen MR) is 82.4 cm³/mol. The van der Waals surface area contributed by atoms with Gasteiger partial charge in [-0.2, -0.15) is 0 Å². The van der Waals surface area contributed by atoms with Gasteiger partial charge in [-0.05, 0) is 23.9 Å². The molecular weight excluding hydrogens is 293 g/mol. The summed E-state index contributed by atoms with van der Waals surface area (Å²) in [5, 5.41) is 3.91. The Morgan fingerprint density at radius 3 is 2.67 bits per heavy atom. The zero-order valence-electron chi connectivity index (χ0n) is 11.7. The van der Waals surface area contributed by atoms with Crippen LogP contribution in [-0.2, 0) is 4.74 Å². The van der Waals surface area contributed by atoms with E-state index in [1.165, 1.54) is 12.1 Å². The van der Waals surface area contributed by atoms with Crippen LogP contribution in [0.25, 0.3) is 10.8 Å². The van der Waals surface area contributed by atoms with Gasteiger partial charge in [0.25, 0.3) is 5.91 Å². The molecule has 1 N–H and O–H groups in total. The van der Waals surface area contributed by atoms with Gasteiger partial charge in [0.05, 0.1) is 12.6 Å². The summed E-state index contributed by atoms with van der Waals surface area (Å²) in [5.74, 6) is -0.159. The molecule has 112 valence electrons. The lowest BCUT2D eigenvalue weighted by atomic mass is 10.0. The molecule has 0 radical (unpaired) electrons. The number of rotatable bonds is 6. The Balaban J connectivity index is 2.29. The van der Waals surface area contributed by atoms with Gasteiger partial charge in [-0.3, -0.25) is 4.79 Å². The molecule has 0 saturated heterocycles. The van der Waals surface area contributed by atoms with Crippen LogP contribution in [0.3, 0.4) is 0 Å². The van der Waals surface area contributed by atoms with Gasteiger partial charge in [-0.25, -0.2) is 4.39 Å². The van der Waals surface area contributed by atoms with E-state index in [-0.39, 0.29) is 17.8 Å². The molecule has 0 aliphatic carbocycles. The Kier molecular flexibility index (Phi) is 5.53. The smallest absolute Gasteiger partial charge is 0.252 e. The van der Waals surface area contributed by atoms with Crippen LogP contribution in [0.2, 0.25) is 0 Å². The highest BCUT2D eigenvalue weighted by molar-refractivity contribution is 6.17. The lowest BCUT2D eigenvalue weighted by Crippen LogP contribution is -2.38. The average molecular weight is 310 g/mol. The van der Waals surface area contributed by atoms with Crippen molar-refractivity contribution >= 4 is 28.3 Å². The van der Waals surface area contributed by atoms with Crippen LogP contribution < -0.4 is 5.32 Å².